The predicted molar refractivity (Wildman–Crippen MR) is 19.8 cm³/mol. The highest BCUT2D eigenvalue weighted by atomic mass is 16.6. The van der Waals surface area contributed by atoms with Crippen LogP contribution in [0, 0.1) is 11.3 Å². The van der Waals surface area contributed by atoms with Gasteiger partial charge in [0.15, 0.2) is 0 Å². The molecule has 0 N–H and O–H groups in total. The van der Waals surface area contributed by atoms with Crippen LogP contribution in [0.15, 0.2) is 11.8 Å². The molecule has 0 amide bonds. The number of ether oxygens (including phenoxy) is 1. The Bertz CT molecular complexity index is 175. The maximum Gasteiger partial charge on any atom is 0.341 e. The molecule has 0 spiro atoms. The fourth-order valence-electron chi connectivity index (χ4n) is 0.271. The molecule has 0 aromatic heterocycles. The smallest absolute Gasteiger partial charge is 0.341 e. The molecule has 3 nitrogen and oxygen atoms in total. The summed E-state index contributed by atoms with van der Waals surface area (Å²) in [6.07, 6.45) is 1.14. The number of carbonyl (C=O) groups is 1. The van der Waals surface area contributed by atoms with E-state index in [1.54, 1.807) is 6.07 Å². The van der Waals surface area contributed by atoms with Gasteiger partial charge < -0.3 is 4.74 Å². The fraction of sp³-hybridized carbons (Fsp3) is 0. The van der Waals surface area contributed by atoms with E-state index in [1.165, 1.54) is 0 Å². The number of nitrogens with zero attached hydrogens (tertiary/aromatic N) is 1. The maximum absolute atomic E-state index is 9.82. The zero-order chi connectivity index (χ0) is 5.28. The molecule has 0 radical (unpaired) electrons. The van der Waals surface area contributed by atoms with Crippen LogP contribution in [0.1, 0.15) is 0 Å². The number of hydrogen-bond acceptors (Lipinski definition) is 3. The van der Waals surface area contributed by atoms with Gasteiger partial charge in [0.2, 0.25) is 5.76 Å². The summed E-state index contributed by atoms with van der Waals surface area (Å²) in [5, 5.41) is 7.91. The van der Waals surface area contributed by atoms with Crippen molar-refractivity contribution >= 4 is 5.97 Å². The van der Waals surface area contributed by atoms with Gasteiger partial charge in [-0.25, -0.2) is 4.79 Å². The molecular formula is C4HNO2. The van der Waals surface area contributed by atoms with Crippen LogP contribution < -0.4 is 0 Å². The van der Waals surface area contributed by atoms with Crippen LogP contribution in [0.5, 0.6) is 0 Å². The number of cyclic esters (lactones) is 1. The van der Waals surface area contributed by atoms with Crippen molar-refractivity contribution in [1.82, 2.24) is 0 Å². The first-order valence-corrected chi connectivity index (χ1v) is 1.66. The Balaban J connectivity index is 2.72. The highest BCUT2D eigenvalue weighted by Gasteiger charge is 2.14. The van der Waals surface area contributed by atoms with Gasteiger partial charge in [-0.2, -0.15) is 5.26 Å². The summed E-state index contributed by atoms with van der Waals surface area (Å²) in [6.45, 7) is 0. The molecule has 1 heterocycles. The van der Waals surface area contributed by atoms with Gasteiger partial charge in [0, 0.05) is 0 Å². The summed E-state index contributed by atoms with van der Waals surface area (Å²) in [5.41, 5.74) is 0. The topological polar surface area (TPSA) is 50.1 Å². The van der Waals surface area contributed by atoms with E-state index in [-0.39, 0.29) is 5.76 Å². The molecule has 0 bridgehead atoms. The average molecular weight is 95.1 g/mol. The minimum absolute atomic E-state index is 0.102. The number of allylic oxidation sites excluding steroid dienone is 1. The van der Waals surface area contributed by atoms with E-state index < -0.39 is 5.97 Å². The molecule has 0 atom stereocenters. The van der Waals surface area contributed by atoms with Gasteiger partial charge in [-0.15, -0.1) is 0 Å². The lowest BCUT2D eigenvalue weighted by Gasteiger charge is -2.03. The quantitative estimate of drug-likeness (QED) is 0.396. The van der Waals surface area contributed by atoms with Crippen molar-refractivity contribution in [2.45, 2.75) is 0 Å². The maximum atomic E-state index is 9.82. The van der Waals surface area contributed by atoms with Gasteiger partial charge in [-0.05, 0) is 0 Å². The number of esters is 1. The van der Waals surface area contributed by atoms with Crippen molar-refractivity contribution in [3.8, 4) is 6.07 Å². The van der Waals surface area contributed by atoms with Crippen LogP contribution in [0.3, 0.4) is 0 Å². The predicted octanol–water partition coefficient (Wildman–Crippen LogP) is -0.0493. The van der Waals surface area contributed by atoms with Crippen molar-refractivity contribution in [1.29, 1.82) is 5.26 Å². The largest absolute Gasteiger partial charge is 0.411 e. The Labute approximate surface area is 39.8 Å². The highest BCUT2D eigenvalue weighted by molar-refractivity contribution is 5.90. The summed E-state index contributed by atoms with van der Waals surface area (Å²) in [4.78, 5) is 9.82. The minimum atomic E-state index is -0.434. The van der Waals surface area contributed by atoms with E-state index in [2.05, 4.69) is 4.74 Å². The second-order valence-electron chi connectivity index (χ2n) is 1.04. The average Bonchev–Trinajstić information content (AvgIpc) is 1.58. The van der Waals surface area contributed by atoms with Gasteiger partial charge in [-0.1, -0.05) is 0 Å². The van der Waals surface area contributed by atoms with Crippen molar-refractivity contribution in [3.63, 3.8) is 0 Å². The SMILES string of the molecule is N#CC1=CC(=O)O1. The van der Waals surface area contributed by atoms with Crippen LogP contribution in [-0.4, -0.2) is 5.97 Å². The van der Waals surface area contributed by atoms with Crippen LogP contribution in [0.25, 0.3) is 0 Å². The van der Waals surface area contributed by atoms with E-state index >= 15 is 0 Å². The molecule has 1 rings (SSSR count). The van der Waals surface area contributed by atoms with E-state index in [1.807, 2.05) is 0 Å². The second kappa shape index (κ2) is 1.09. The Morgan fingerprint density at radius 1 is 1.86 bits per heavy atom. The van der Waals surface area contributed by atoms with Crippen LogP contribution in [0.2, 0.25) is 0 Å². The summed E-state index contributed by atoms with van der Waals surface area (Å²) in [7, 11) is 0. The molecule has 0 aromatic rings. The normalized spacial score (nSPS) is 15.9. The third kappa shape index (κ3) is 0.453. The molecule has 3 heteroatoms. The monoisotopic (exact) mass is 95.0 g/mol. The van der Waals surface area contributed by atoms with Crippen molar-refractivity contribution in [3.05, 3.63) is 11.8 Å². The molecule has 1 aliphatic rings. The third-order valence-corrected chi connectivity index (χ3v) is 0.570. The highest BCUT2D eigenvalue weighted by Crippen LogP contribution is 2.06. The molecule has 7 heavy (non-hydrogen) atoms. The molecule has 1 aliphatic heterocycles. The first-order valence-electron chi connectivity index (χ1n) is 1.66. The van der Waals surface area contributed by atoms with Crippen LogP contribution in [0.4, 0.5) is 0 Å². The summed E-state index contributed by atoms with van der Waals surface area (Å²) in [6, 6.07) is 1.65. The lowest BCUT2D eigenvalue weighted by Crippen LogP contribution is -2.10. The molecular weight excluding hydrogens is 94.0 g/mol. The zero-order valence-electron chi connectivity index (χ0n) is 3.34. The lowest BCUT2D eigenvalue weighted by molar-refractivity contribution is -0.137. The van der Waals surface area contributed by atoms with Crippen molar-refractivity contribution in [2.75, 3.05) is 0 Å². The Kier molecular flexibility index (Phi) is 0.601. The van der Waals surface area contributed by atoms with Gasteiger partial charge >= 0.3 is 5.97 Å². The summed E-state index contributed by atoms with van der Waals surface area (Å²) in [5.74, 6) is -0.332. The number of hydrogen-bond donors (Lipinski definition) is 0. The second-order valence-corrected chi connectivity index (χ2v) is 1.04. The minimum Gasteiger partial charge on any atom is -0.411 e. The fourth-order valence-corrected chi connectivity index (χ4v) is 0.271. The van der Waals surface area contributed by atoms with Crippen LogP contribution in [-0.2, 0) is 9.53 Å². The number of carbonyl (C=O) groups excluding carboxylic acids is 1. The third-order valence-electron chi connectivity index (χ3n) is 0.570. The standard InChI is InChI=1S/C4HNO2/c5-2-3-1-4(6)7-3/h1H. The van der Waals surface area contributed by atoms with E-state index in [0.29, 0.717) is 0 Å². The van der Waals surface area contributed by atoms with Gasteiger partial charge in [0.05, 0.1) is 6.08 Å². The molecule has 0 saturated carbocycles. The molecule has 0 fully saturated rings. The lowest BCUT2D eigenvalue weighted by atomic mass is 10.4. The Hall–Kier alpha value is -1.30. The summed E-state index contributed by atoms with van der Waals surface area (Å²) < 4.78 is 4.15. The molecule has 0 aliphatic carbocycles. The van der Waals surface area contributed by atoms with E-state index in [4.69, 9.17) is 5.26 Å². The first kappa shape index (κ1) is 3.88. The molecule has 0 saturated heterocycles. The number of rotatable bonds is 0. The first-order chi connectivity index (χ1) is 3.33. The van der Waals surface area contributed by atoms with Gasteiger partial charge in [0.1, 0.15) is 6.07 Å². The zero-order valence-corrected chi connectivity index (χ0v) is 3.34. The Morgan fingerprint density at radius 2 is 2.43 bits per heavy atom. The molecule has 0 aromatic carbocycles. The van der Waals surface area contributed by atoms with Crippen molar-refractivity contribution < 1.29 is 9.53 Å². The van der Waals surface area contributed by atoms with Gasteiger partial charge in [-0.3, -0.25) is 0 Å². The van der Waals surface area contributed by atoms with Crippen molar-refractivity contribution in [2.24, 2.45) is 0 Å². The van der Waals surface area contributed by atoms with E-state index in [9.17, 15) is 4.79 Å². The number of nitriles is 1. The molecule has 0 unspecified atom stereocenters. The van der Waals surface area contributed by atoms with Gasteiger partial charge in [0.25, 0.3) is 0 Å². The summed E-state index contributed by atoms with van der Waals surface area (Å²) >= 11 is 0. The Morgan fingerprint density at radius 3 is 2.57 bits per heavy atom. The van der Waals surface area contributed by atoms with Crippen LogP contribution >= 0.6 is 0 Å². The molecule has 34 valence electrons. The van der Waals surface area contributed by atoms with E-state index in [0.717, 1.165) is 6.08 Å².